The summed E-state index contributed by atoms with van der Waals surface area (Å²) < 4.78 is 57.0. The highest BCUT2D eigenvalue weighted by Gasteiger charge is 2.53. The second kappa shape index (κ2) is 9.34. The van der Waals surface area contributed by atoms with Crippen molar-refractivity contribution in [2.24, 2.45) is 5.92 Å². The third-order valence-electron chi connectivity index (χ3n) is 9.86. The number of nitrogens with zero attached hydrogens (tertiary/aromatic N) is 5. The fourth-order valence-electron chi connectivity index (χ4n) is 8.32. The minimum absolute atomic E-state index is 0.0164. The van der Waals surface area contributed by atoms with Crippen molar-refractivity contribution < 1.29 is 27.4 Å². The predicted molar refractivity (Wildman–Crippen MR) is 147 cm³/mol. The van der Waals surface area contributed by atoms with Crippen molar-refractivity contribution in [3.05, 3.63) is 23.3 Å². The topological polar surface area (TPSA) is 71.0 Å². The largest absolute Gasteiger partial charge is 0.461 e. The van der Waals surface area contributed by atoms with Gasteiger partial charge in [0.05, 0.1) is 29.1 Å². The van der Waals surface area contributed by atoms with Gasteiger partial charge in [-0.2, -0.15) is 9.97 Å². The smallest absolute Gasteiger partial charge is 0.410 e. The lowest BCUT2D eigenvalue weighted by atomic mass is 9.87. The van der Waals surface area contributed by atoms with E-state index in [4.69, 9.17) is 14.5 Å². The molecule has 41 heavy (non-hydrogen) atoms. The first-order valence-corrected chi connectivity index (χ1v) is 14.9. The van der Waals surface area contributed by atoms with Crippen molar-refractivity contribution in [2.45, 2.75) is 102 Å². The van der Waals surface area contributed by atoms with Gasteiger partial charge in [-0.25, -0.2) is 18.0 Å². The summed E-state index contributed by atoms with van der Waals surface area (Å²) in [6, 6.07) is 0.478. The molecule has 2 bridgehead atoms. The SMILES string of the molecule is C[C@H]1Cc2c(F)cc(F)c3nc(OC[C@@]45CCCN4C[C@H](F)C5)nc(c23)N2C[C@H]3CC[C@@H]([C@H]12)N3C(=O)OC(C)(C)C. The molecule has 4 fully saturated rings. The van der Waals surface area contributed by atoms with Crippen LogP contribution in [0.3, 0.4) is 0 Å². The molecule has 6 heterocycles. The number of piperazine rings is 1. The van der Waals surface area contributed by atoms with Gasteiger partial charge in [-0.1, -0.05) is 6.92 Å². The fourth-order valence-corrected chi connectivity index (χ4v) is 8.32. The molecule has 5 aliphatic heterocycles. The van der Waals surface area contributed by atoms with Crippen LogP contribution in [-0.4, -0.2) is 87.5 Å². The summed E-state index contributed by atoms with van der Waals surface area (Å²) in [5.74, 6) is -0.989. The summed E-state index contributed by atoms with van der Waals surface area (Å²) in [7, 11) is 0. The molecule has 0 saturated carbocycles. The van der Waals surface area contributed by atoms with Gasteiger partial charge in [0.2, 0.25) is 0 Å². The van der Waals surface area contributed by atoms with Crippen LogP contribution in [0.25, 0.3) is 10.9 Å². The molecule has 0 N–H and O–H groups in total. The molecular weight excluding hydrogens is 535 g/mol. The Kier molecular flexibility index (Phi) is 6.16. The number of benzene rings is 1. The quantitative estimate of drug-likeness (QED) is 0.511. The molecule has 1 amide bonds. The Balaban J connectivity index is 1.28. The lowest BCUT2D eigenvalue weighted by Gasteiger charge is -2.49. The van der Waals surface area contributed by atoms with Crippen molar-refractivity contribution in [3.8, 4) is 6.01 Å². The number of carbonyl (C=O) groups is 1. The Morgan fingerprint density at radius 1 is 1.17 bits per heavy atom. The number of hydrogen-bond acceptors (Lipinski definition) is 7. The monoisotopic (exact) mass is 573 g/mol. The van der Waals surface area contributed by atoms with Crippen LogP contribution in [0.15, 0.2) is 6.07 Å². The molecule has 222 valence electrons. The van der Waals surface area contributed by atoms with Crippen LogP contribution in [0.2, 0.25) is 0 Å². The van der Waals surface area contributed by atoms with Crippen LogP contribution in [0, 0.1) is 17.6 Å². The van der Waals surface area contributed by atoms with E-state index in [9.17, 15) is 9.18 Å². The molecule has 1 aromatic carbocycles. The number of fused-ring (bicyclic) bond motifs is 6. The van der Waals surface area contributed by atoms with Gasteiger partial charge in [0.15, 0.2) is 5.82 Å². The minimum atomic E-state index is -0.900. The van der Waals surface area contributed by atoms with Crippen molar-refractivity contribution in [2.75, 3.05) is 31.1 Å². The van der Waals surface area contributed by atoms with Gasteiger partial charge >= 0.3 is 12.1 Å². The van der Waals surface area contributed by atoms with Crippen LogP contribution in [0.1, 0.15) is 65.4 Å². The number of halogens is 3. The number of alkyl halides is 1. The molecule has 2 aromatic rings. The second-order valence-electron chi connectivity index (χ2n) is 13.7. The number of ether oxygens (including phenoxy) is 2. The zero-order chi connectivity index (χ0) is 28.8. The third kappa shape index (κ3) is 4.32. The Hall–Kier alpha value is -2.82. The summed E-state index contributed by atoms with van der Waals surface area (Å²) in [6.07, 6.45) is 2.93. The van der Waals surface area contributed by atoms with Crippen LogP contribution in [0.4, 0.5) is 23.8 Å². The maximum atomic E-state index is 15.4. The summed E-state index contributed by atoms with van der Waals surface area (Å²) >= 11 is 0. The van der Waals surface area contributed by atoms with Crippen LogP contribution >= 0.6 is 0 Å². The van der Waals surface area contributed by atoms with Gasteiger partial charge in [-0.05, 0) is 65.3 Å². The summed E-state index contributed by atoms with van der Waals surface area (Å²) in [6.45, 7) is 9.52. The zero-order valence-corrected chi connectivity index (χ0v) is 24.1. The van der Waals surface area contributed by atoms with E-state index in [1.165, 1.54) is 0 Å². The van der Waals surface area contributed by atoms with Gasteiger partial charge in [-0.3, -0.25) is 9.80 Å². The van der Waals surface area contributed by atoms with Crippen LogP contribution in [0.5, 0.6) is 6.01 Å². The minimum Gasteiger partial charge on any atom is -0.461 e. The van der Waals surface area contributed by atoms with Crippen LogP contribution < -0.4 is 9.64 Å². The van der Waals surface area contributed by atoms with Gasteiger partial charge in [0, 0.05) is 31.1 Å². The van der Waals surface area contributed by atoms with E-state index in [1.807, 2.05) is 25.7 Å². The number of rotatable bonds is 3. The predicted octanol–water partition coefficient (Wildman–Crippen LogP) is 5.01. The van der Waals surface area contributed by atoms with E-state index in [0.717, 1.165) is 38.3 Å². The Labute approximate surface area is 238 Å². The van der Waals surface area contributed by atoms with E-state index in [1.54, 1.807) is 0 Å². The molecule has 0 radical (unpaired) electrons. The number of amides is 1. The lowest BCUT2D eigenvalue weighted by molar-refractivity contribution is 0.00489. The molecule has 0 spiro atoms. The van der Waals surface area contributed by atoms with Crippen molar-refractivity contribution >= 4 is 22.8 Å². The molecule has 0 unspecified atom stereocenters. The second-order valence-corrected chi connectivity index (χ2v) is 13.7. The molecule has 1 aromatic heterocycles. The molecule has 4 saturated heterocycles. The van der Waals surface area contributed by atoms with Crippen molar-refractivity contribution in [1.29, 1.82) is 0 Å². The highest BCUT2D eigenvalue weighted by Crippen LogP contribution is 2.46. The lowest BCUT2D eigenvalue weighted by Crippen LogP contribution is -2.63. The normalized spacial score (nSPS) is 32.7. The first-order chi connectivity index (χ1) is 19.4. The summed E-state index contributed by atoms with van der Waals surface area (Å²) in [5.41, 5.74) is -0.610. The van der Waals surface area contributed by atoms with E-state index in [2.05, 4.69) is 21.7 Å². The van der Waals surface area contributed by atoms with Crippen LogP contribution in [-0.2, 0) is 11.2 Å². The van der Waals surface area contributed by atoms with E-state index in [0.29, 0.717) is 42.7 Å². The highest BCUT2D eigenvalue weighted by molar-refractivity contribution is 5.94. The average Bonchev–Trinajstić information content (AvgIpc) is 3.49. The average molecular weight is 574 g/mol. The fraction of sp³-hybridized carbons (Fsp3) is 0.700. The first kappa shape index (κ1) is 27.0. The van der Waals surface area contributed by atoms with Gasteiger partial charge in [0.1, 0.15) is 35.5 Å². The van der Waals surface area contributed by atoms with E-state index >= 15 is 8.78 Å². The maximum Gasteiger partial charge on any atom is 0.410 e. The molecule has 8 nitrogen and oxygen atoms in total. The Morgan fingerprint density at radius 3 is 2.76 bits per heavy atom. The van der Waals surface area contributed by atoms with E-state index < -0.39 is 28.9 Å². The van der Waals surface area contributed by atoms with Gasteiger partial charge in [-0.15, -0.1) is 0 Å². The van der Waals surface area contributed by atoms with Crippen molar-refractivity contribution in [1.82, 2.24) is 19.8 Å². The maximum absolute atomic E-state index is 15.4. The highest BCUT2D eigenvalue weighted by atomic mass is 19.1. The third-order valence-corrected chi connectivity index (χ3v) is 9.86. The standard InChI is InChI=1S/C30H38F3N5O3/c1-16-10-19-20(32)11-21(33)24-23(19)26(35-27(34-24)40-15-30-8-5-9-36(30)13-17(31)12-30)37-14-18-6-7-22(25(16)37)38(18)28(39)41-29(2,3)4/h11,16-18,22,25H,5-10,12-15H2,1-4H3/t16-,17+,18+,22-,25-,30-/m0/s1. The number of aromatic nitrogens is 2. The zero-order valence-electron chi connectivity index (χ0n) is 24.1. The van der Waals surface area contributed by atoms with E-state index in [-0.39, 0.29) is 48.3 Å². The molecule has 11 heteroatoms. The van der Waals surface area contributed by atoms with Gasteiger partial charge < -0.3 is 14.4 Å². The molecule has 5 aliphatic rings. The summed E-state index contributed by atoms with van der Waals surface area (Å²) in [4.78, 5) is 28.7. The molecule has 7 rings (SSSR count). The number of hydrogen-bond donors (Lipinski definition) is 0. The number of anilines is 1. The number of carbonyl (C=O) groups excluding carboxylic acids is 1. The summed E-state index contributed by atoms with van der Waals surface area (Å²) in [5, 5.41) is 0.375. The first-order valence-electron chi connectivity index (χ1n) is 14.9. The molecule has 0 aliphatic carbocycles. The Bertz CT molecular complexity index is 1400. The van der Waals surface area contributed by atoms with Gasteiger partial charge in [0.25, 0.3) is 0 Å². The molecular formula is C30H38F3N5O3. The molecule has 6 atom stereocenters. The Morgan fingerprint density at radius 2 is 1.98 bits per heavy atom. The van der Waals surface area contributed by atoms with Crippen molar-refractivity contribution in [3.63, 3.8) is 0 Å².